The molecule has 0 atom stereocenters. The number of ether oxygens (including phenoxy) is 1. The second-order valence-corrected chi connectivity index (χ2v) is 4.68. The topological polar surface area (TPSA) is 46.5 Å². The third-order valence-electron chi connectivity index (χ3n) is 2.81. The van der Waals surface area contributed by atoms with Crippen LogP contribution in [0, 0.1) is 5.82 Å². The summed E-state index contributed by atoms with van der Waals surface area (Å²) in [4.78, 5) is 10.4. The Labute approximate surface area is 119 Å². The van der Waals surface area contributed by atoms with E-state index in [9.17, 15) is 9.18 Å². The van der Waals surface area contributed by atoms with Gasteiger partial charge in [0.1, 0.15) is 5.82 Å². The second kappa shape index (κ2) is 9.26. The van der Waals surface area contributed by atoms with E-state index in [0.29, 0.717) is 24.3 Å². The maximum absolute atomic E-state index is 13.4. The van der Waals surface area contributed by atoms with E-state index in [1.165, 1.54) is 31.1 Å². The number of carboxylic acids is 1. The van der Waals surface area contributed by atoms with Crippen LogP contribution in [0.2, 0.25) is 0 Å². The number of carbonyl (C=O) groups is 1. The van der Waals surface area contributed by atoms with Gasteiger partial charge in [0, 0.05) is 12.7 Å². The molecule has 0 saturated heterocycles. The maximum atomic E-state index is 13.4. The third kappa shape index (κ3) is 7.04. The highest BCUT2D eigenvalue weighted by Crippen LogP contribution is 2.12. The average molecular weight is 280 g/mol. The minimum atomic E-state index is -1.05. The molecule has 3 nitrogen and oxygen atoms in total. The summed E-state index contributed by atoms with van der Waals surface area (Å²) in [5.41, 5.74) is 1.24. The number of halogens is 1. The molecule has 1 N–H and O–H groups in total. The van der Waals surface area contributed by atoms with Crippen molar-refractivity contribution < 1.29 is 19.0 Å². The largest absolute Gasteiger partial charge is 0.478 e. The van der Waals surface area contributed by atoms with Crippen LogP contribution in [0.15, 0.2) is 24.3 Å². The van der Waals surface area contributed by atoms with Crippen LogP contribution in [-0.2, 0) is 16.1 Å². The van der Waals surface area contributed by atoms with Crippen molar-refractivity contribution in [3.63, 3.8) is 0 Å². The van der Waals surface area contributed by atoms with Crippen molar-refractivity contribution in [2.45, 2.75) is 39.2 Å². The Balaban J connectivity index is 2.47. The van der Waals surface area contributed by atoms with Gasteiger partial charge in [0.2, 0.25) is 0 Å². The van der Waals surface area contributed by atoms with Gasteiger partial charge in [0.05, 0.1) is 6.61 Å². The van der Waals surface area contributed by atoms with Crippen LogP contribution >= 0.6 is 0 Å². The third-order valence-corrected chi connectivity index (χ3v) is 2.81. The van der Waals surface area contributed by atoms with Crippen LogP contribution in [0.5, 0.6) is 0 Å². The van der Waals surface area contributed by atoms with E-state index in [-0.39, 0.29) is 5.82 Å². The molecule has 0 aliphatic heterocycles. The van der Waals surface area contributed by atoms with Gasteiger partial charge in [-0.15, -0.1) is 0 Å². The number of carboxylic acid groups (broad SMARTS) is 1. The molecule has 0 radical (unpaired) electrons. The number of aliphatic carboxylic acids is 1. The number of hydrogen-bond acceptors (Lipinski definition) is 2. The van der Waals surface area contributed by atoms with E-state index < -0.39 is 5.97 Å². The fourth-order valence-electron chi connectivity index (χ4n) is 1.84. The SMILES string of the molecule is CCCCCCOCc1cc(F)cc(C=CC(=O)O)c1. The predicted octanol–water partition coefficient (Wildman–Crippen LogP) is 4.02. The molecular formula is C16H21FO3. The van der Waals surface area contributed by atoms with Gasteiger partial charge in [-0.25, -0.2) is 9.18 Å². The zero-order chi connectivity index (χ0) is 14.8. The minimum absolute atomic E-state index is 0.345. The van der Waals surface area contributed by atoms with Crippen LogP contribution in [0.1, 0.15) is 43.7 Å². The van der Waals surface area contributed by atoms with Gasteiger partial charge in [0.15, 0.2) is 0 Å². The Morgan fingerprint density at radius 1 is 1.30 bits per heavy atom. The summed E-state index contributed by atoms with van der Waals surface area (Å²) in [6.45, 7) is 3.16. The number of hydrogen-bond donors (Lipinski definition) is 1. The van der Waals surface area contributed by atoms with Crippen LogP contribution in [-0.4, -0.2) is 17.7 Å². The van der Waals surface area contributed by atoms with Crippen molar-refractivity contribution in [2.24, 2.45) is 0 Å². The van der Waals surface area contributed by atoms with Crippen molar-refractivity contribution in [1.82, 2.24) is 0 Å². The van der Waals surface area contributed by atoms with Crippen molar-refractivity contribution in [3.8, 4) is 0 Å². The van der Waals surface area contributed by atoms with Gasteiger partial charge in [-0.3, -0.25) is 0 Å². The molecule has 0 heterocycles. The Kier molecular flexibility index (Phi) is 7.58. The van der Waals surface area contributed by atoms with Gasteiger partial charge in [-0.2, -0.15) is 0 Å². The smallest absolute Gasteiger partial charge is 0.328 e. The van der Waals surface area contributed by atoms with Gasteiger partial charge in [0.25, 0.3) is 0 Å². The van der Waals surface area contributed by atoms with Crippen molar-refractivity contribution in [2.75, 3.05) is 6.61 Å². The molecule has 0 spiro atoms. The summed E-state index contributed by atoms with van der Waals surface area (Å²) >= 11 is 0. The molecule has 20 heavy (non-hydrogen) atoms. The lowest BCUT2D eigenvalue weighted by Gasteiger charge is -2.06. The average Bonchev–Trinajstić information content (AvgIpc) is 2.40. The highest BCUT2D eigenvalue weighted by Gasteiger charge is 2.00. The monoisotopic (exact) mass is 280 g/mol. The summed E-state index contributed by atoms with van der Waals surface area (Å²) < 4.78 is 18.9. The molecule has 0 bridgehead atoms. The van der Waals surface area contributed by atoms with E-state index in [1.54, 1.807) is 6.07 Å². The molecule has 0 aromatic heterocycles. The summed E-state index contributed by atoms with van der Waals surface area (Å²) in [6, 6.07) is 4.43. The quantitative estimate of drug-likeness (QED) is 0.549. The second-order valence-electron chi connectivity index (χ2n) is 4.68. The zero-order valence-corrected chi connectivity index (χ0v) is 11.8. The van der Waals surface area contributed by atoms with Gasteiger partial charge in [-0.05, 0) is 41.8 Å². The number of benzene rings is 1. The predicted molar refractivity (Wildman–Crippen MR) is 76.9 cm³/mol. The van der Waals surface area contributed by atoms with Gasteiger partial charge >= 0.3 is 5.97 Å². The molecule has 1 aromatic rings. The van der Waals surface area contributed by atoms with E-state index in [2.05, 4.69) is 6.92 Å². The van der Waals surface area contributed by atoms with Crippen LogP contribution in [0.25, 0.3) is 6.08 Å². The normalized spacial score (nSPS) is 11.1. The fraction of sp³-hybridized carbons (Fsp3) is 0.438. The first-order valence-corrected chi connectivity index (χ1v) is 6.90. The molecule has 1 aromatic carbocycles. The minimum Gasteiger partial charge on any atom is -0.478 e. The molecule has 0 unspecified atom stereocenters. The highest BCUT2D eigenvalue weighted by molar-refractivity contribution is 5.85. The van der Waals surface area contributed by atoms with Crippen LogP contribution in [0.3, 0.4) is 0 Å². The van der Waals surface area contributed by atoms with E-state index in [4.69, 9.17) is 9.84 Å². The lowest BCUT2D eigenvalue weighted by molar-refractivity contribution is -0.131. The molecule has 0 aliphatic rings. The molecular weight excluding hydrogens is 259 g/mol. The Morgan fingerprint density at radius 3 is 2.80 bits per heavy atom. The molecule has 1 rings (SSSR count). The first-order chi connectivity index (χ1) is 9.61. The maximum Gasteiger partial charge on any atom is 0.328 e. The Morgan fingerprint density at radius 2 is 2.10 bits per heavy atom. The molecule has 0 aliphatic carbocycles. The number of rotatable bonds is 9. The summed E-state index contributed by atoms with van der Waals surface area (Å²) in [6.07, 6.45) is 6.90. The summed E-state index contributed by atoms with van der Waals surface area (Å²) in [5, 5.41) is 8.55. The number of unbranched alkanes of at least 4 members (excludes halogenated alkanes) is 3. The molecule has 4 heteroatoms. The van der Waals surface area contributed by atoms with E-state index >= 15 is 0 Å². The van der Waals surface area contributed by atoms with Crippen molar-refractivity contribution in [1.29, 1.82) is 0 Å². The van der Waals surface area contributed by atoms with Crippen LogP contribution < -0.4 is 0 Å². The van der Waals surface area contributed by atoms with E-state index in [1.807, 2.05) is 0 Å². The standard InChI is InChI=1S/C16H21FO3/c1-2-3-4-5-8-20-12-14-9-13(6-7-16(18)19)10-15(17)11-14/h6-7,9-11H,2-5,8,12H2,1H3,(H,18,19). The first-order valence-electron chi connectivity index (χ1n) is 6.90. The first kappa shape index (κ1) is 16.4. The Bertz CT molecular complexity index is 455. The Hall–Kier alpha value is -1.68. The van der Waals surface area contributed by atoms with E-state index in [0.717, 1.165) is 18.9 Å². The summed E-state index contributed by atoms with van der Waals surface area (Å²) in [5.74, 6) is -1.44. The lowest BCUT2D eigenvalue weighted by Crippen LogP contribution is -1.97. The van der Waals surface area contributed by atoms with Crippen molar-refractivity contribution in [3.05, 3.63) is 41.2 Å². The molecule has 0 amide bonds. The molecule has 0 saturated carbocycles. The van der Waals surface area contributed by atoms with Crippen molar-refractivity contribution >= 4 is 12.0 Å². The molecule has 0 fully saturated rings. The zero-order valence-electron chi connectivity index (χ0n) is 11.8. The summed E-state index contributed by atoms with van der Waals surface area (Å²) in [7, 11) is 0. The van der Waals surface area contributed by atoms with Crippen LogP contribution in [0.4, 0.5) is 4.39 Å². The molecule has 110 valence electrons. The van der Waals surface area contributed by atoms with Gasteiger partial charge < -0.3 is 9.84 Å². The fourth-order valence-corrected chi connectivity index (χ4v) is 1.84. The lowest BCUT2D eigenvalue weighted by atomic mass is 10.1. The van der Waals surface area contributed by atoms with Gasteiger partial charge in [-0.1, -0.05) is 26.2 Å². The highest BCUT2D eigenvalue weighted by atomic mass is 19.1.